The number of fused-ring (bicyclic) bond motifs is 5. The summed E-state index contributed by atoms with van der Waals surface area (Å²) in [5.41, 5.74) is 4.66. The summed E-state index contributed by atoms with van der Waals surface area (Å²) in [7, 11) is 0. The Kier molecular flexibility index (Phi) is 6.09. The number of nitrogens with zero attached hydrogens (tertiary/aromatic N) is 1. The average Bonchev–Trinajstić information content (AvgIpc) is 3.30. The maximum atomic E-state index is 12.7. The number of hydrogen-bond donors (Lipinski definition) is 2. The van der Waals surface area contributed by atoms with Crippen molar-refractivity contribution < 1.29 is 24.2 Å². The summed E-state index contributed by atoms with van der Waals surface area (Å²) in [6, 6.07) is 16.3. The molecule has 2 unspecified atom stereocenters. The molecule has 2 bridgehead atoms. The molecule has 7 heteroatoms. The monoisotopic (exact) mass is 460 g/mol. The molecule has 7 nitrogen and oxygen atoms in total. The van der Waals surface area contributed by atoms with Crippen molar-refractivity contribution in [2.75, 3.05) is 13.2 Å². The minimum Gasteiger partial charge on any atom is -0.481 e. The van der Waals surface area contributed by atoms with Crippen molar-refractivity contribution in [3.63, 3.8) is 0 Å². The van der Waals surface area contributed by atoms with Crippen LogP contribution in [-0.2, 0) is 14.3 Å². The molecule has 176 valence electrons. The molecular weight excluding hydrogens is 432 g/mol. The van der Waals surface area contributed by atoms with Gasteiger partial charge in [0.15, 0.2) is 0 Å². The van der Waals surface area contributed by atoms with E-state index in [1.165, 1.54) is 17.2 Å². The minimum atomic E-state index is -0.771. The number of aliphatic carboxylic acids is 1. The van der Waals surface area contributed by atoms with Crippen molar-refractivity contribution in [3.8, 4) is 11.1 Å². The van der Waals surface area contributed by atoms with Gasteiger partial charge < -0.3 is 20.1 Å². The number of carboxylic acids is 1. The lowest BCUT2D eigenvalue weighted by Gasteiger charge is -2.37. The summed E-state index contributed by atoms with van der Waals surface area (Å²) in [5.74, 6) is -1.25. The summed E-state index contributed by atoms with van der Waals surface area (Å²) in [5, 5.41) is 12.0. The maximum Gasteiger partial charge on any atom is 0.407 e. The van der Waals surface area contributed by atoms with Gasteiger partial charge in [-0.1, -0.05) is 54.6 Å². The molecule has 2 heterocycles. The predicted octanol–water partition coefficient (Wildman–Crippen LogP) is 3.94. The third-order valence-corrected chi connectivity index (χ3v) is 7.31. The van der Waals surface area contributed by atoms with Crippen molar-refractivity contribution in [1.82, 2.24) is 10.2 Å². The molecule has 2 N–H and O–H groups in total. The zero-order valence-electron chi connectivity index (χ0n) is 18.9. The summed E-state index contributed by atoms with van der Waals surface area (Å²) in [4.78, 5) is 38.1. The molecule has 0 aromatic heterocycles. The Morgan fingerprint density at radius 2 is 1.56 bits per heavy atom. The molecule has 2 amide bonds. The molecular formula is C27H28N2O5. The van der Waals surface area contributed by atoms with Gasteiger partial charge in [-0.05, 0) is 47.9 Å². The zero-order chi connectivity index (χ0) is 23.7. The van der Waals surface area contributed by atoms with Gasteiger partial charge in [-0.3, -0.25) is 9.59 Å². The fraction of sp³-hybridized carbons (Fsp3) is 0.370. The predicted molar refractivity (Wildman–Crippen MR) is 126 cm³/mol. The number of piperidine rings is 1. The Bertz CT molecular complexity index is 1080. The first-order valence-corrected chi connectivity index (χ1v) is 11.8. The average molecular weight is 461 g/mol. The second kappa shape index (κ2) is 9.33. The fourth-order valence-electron chi connectivity index (χ4n) is 5.78. The van der Waals surface area contributed by atoms with Crippen LogP contribution in [0.5, 0.6) is 0 Å². The number of carbonyl (C=O) groups excluding carboxylic acids is 2. The Hall–Kier alpha value is -3.61. The van der Waals surface area contributed by atoms with Crippen LogP contribution in [0.15, 0.2) is 60.7 Å². The quantitative estimate of drug-likeness (QED) is 0.637. The molecule has 2 aliphatic heterocycles. The van der Waals surface area contributed by atoms with Crippen LogP contribution in [0.4, 0.5) is 4.79 Å². The number of carbonyl (C=O) groups is 3. The highest BCUT2D eigenvalue weighted by atomic mass is 16.5. The first-order valence-electron chi connectivity index (χ1n) is 11.8. The zero-order valence-corrected chi connectivity index (χ0v) is 18.9. The first-order chi connectivity index (χ1) is 16.5. The molecule has 0 spiro atoms. The highest BCUT2D eigenvalue weighted by Gasteiger charge is 2.44. The number of rotatable bonds is 6. The van der Waals surface area contributed by atoms with Crippen LogP contribution in [-0.4, -0.2) is 53.2 Å². The normalized spacial score (nSPS) is 22.9. The maximum absolute atomic E-state index is 12.7. The Labute approximate surface area is 198 Å². The van der Waals surface area contributed by atoms with Crippen molar-refractivity contribution in [2.45, 2.75) is 43.7 Å². The molecule has 1 aliphatic carbocycles. The van der Waals surface area contributed by atoms with Crippen molar-refractivity contribution >= 4 is 18.0 Å². The summed E-state index contributed by atoms with van der Waals surface area (Å²) in [6.45, 7) is 0.424. The third-order valence-electron chi connectivity index (χ3n) is 7.31. The van der Waals surface area contributed by atoms with Gasteiger partial charge in [0.1, 0.15) is 6.61 Å². The lowest BCUT2D eigenvalue weighted by Crippen LogP contribution is -2.47. The van der Waals surface area contributed by atoms with E-state index in [1.54, 1.807) is 6.08 Å². The van der Waals surface area contributed by atoms with Gasteiger partial charge in [0, 0.05) is 30.6 Å². The molecule has 2 fully saturated rings. The standard InChI is InChI=1S/C27H28N2O5/c30-25(29-18-11-12-19(29)15-17(14-18)26(31)32)10-5-13-28-27(33)34-16-24-22-8-3-1-6-20(22)21-7-2-4-9-23(21)24/h1-10,17-19,24H,11-16H2,(H,28,33)(H,31,32)/b10-5+. The van der Waals surface area contributed by atoms with Crippen molar-refractivity contribution in [1.29, 1.82) is 0 Å². The number of nitrogens with one attached hydrogen (secondary N) is 1. The molecule has 5 rings (SSSR count). The molecule has 2 saturated heterocycles. The summed E-state index contributed by atoms with van der Waals surface area (Å²) in [6.07, 6.45) is 5.30. The molecule has 34 heavy (non-hydrogen) atoms. The largest absolute Gasteiger partial charge is 0.481 e. The van der Waals surface area contributed by atoms with Crippen LogP contribution >= 0.6 is 0 Å². The third kappa shape index (κ3) is 4.18. The van der Waals surface area contributed by atoms with E-state index in [1.807, 2.05) is 29.2 Å². The van der Waals surface area contributed by atoms with E-state index < -0.39 is 12.1 Å². The van der Waals surface area contributed by atoms with E-state index in [9.17, 15) is 19.5 Å². The van der Waals surface area contributed by atoms with Crippen molar-refractivity contribution in [2.24, 2.45) is 5.92 Å². The Morgan fingerprint density at radius 1 is 0.971 bits per heavy atom. The van der Waals surface area contributed by atoms with Crippen LogP contribution in [0.25, 0.3) is 11.1 Å². The van der Waals surface area contributed by atoms with Crippen molar-refractivity contribution in [3.05, 3.63) is 71.8 Å². The molecule has 0 saturated carbocycles. The van der Waals surface area contributed by atoms with E-state index in [-0.39, 0.29) is 43.0 Å². The smallest absolute Gasteiger partial charge is 0.407 e. The number of hydrogen-bond acceptors (Lipinski definition) is 4. The highest BCUT2D eigenvalue weighted by molar-refractivity contribution is 5.89. The van der Waals surface area contributed by atoms with Crippen LogP contribution < -0.4 is 5.32 Å². The fourth-order valence-corrected chi connectivity index (χ4v) is 5.78. The van der Waals surface area contributed by atoms with E-state index in [2.05, 4.69) is 29.6 Å². The van der Waals surface area contributed by atoms with Gasteiger partial charge in [-0.25, -0.2) is 4.79 Å². The SMILES string of the molecule is O=C(NC/C=C/C(=O)N1C2CCC1CC(C(=O)O)C2)OCC1c2ccccc2-c2ccccc21. The summed E-state index contributed by atoms with van der Waals surface area (Å²) < 4.78 is 5.51. The summed E-state index contributed by atoms with van der Waals surface area (Å²) >= 11 is 0. The Morgan fingerprint density at radius 3 is 2.15 bits per heavy atom. The van der Waals surface area contributed by atoms with Crippen LogP contribution in [0, 0.1) is 5.92 Å². The number of amides is 2. The van der Waals surface area contributed by atoms with Gasteiger partial charge in [0.2, 0.25) is 5.91 Å². The van der Waals surface area contributed by atoms with Gasteiger partial charge in [-0.2, -0.15) is 0 Å². The van der Waals surface area contributed by atoms with E-state index in [4.69, 9.17) is 4.74 Å². The van der Waals surface area contributed by atoms with Crippen LogP contribution in [0.1, 0.15) is 42.7 Å². The van der Waals surface area contributed by atoms with Gasteiger partial charge >= 0.3 is 12.1 Å². The number of ether oxygens (including phenoxy) is 1. The lowest BCUT2D eigenvalue weighted by atomic mass is 9.91. The number of benzene rings is 2. The Balaban J connectivity index is 1.11. The molecule has 2 aromatic carbocycles. The molecule has 0 radical (unpaired) electrons. The van der Waals surface area contributed by atoms with Crippen LogP contribution in [0.2, 0.25) is 0 Å². The van der Waals surface area contributed by atoms with Gasteiger partial charge in [0.05, 0.1) is 5.92 Å². The van der Waals surface area contributed by atoms with E-state index in [0.717, 1.165) is 24.0 Å². The van der Waals surface area contributed by atoms with Gasteiger partial charge in [0.25, 0.3) is 0 Å². The second-order valence-electron chi connectivity index (χ2n) is 9.25. The van der Waals surface area contributed by atoms with E-state index >= 15 is 0 Å². The molecule has 3 aliphatic rings. The topological polar surface area (TPSA) is 95.9 Å². The molecule has 2 atom stereocenters. The highest BCUT2D eigenvalue weighted by Crippen LogP contribution is 2.44. The first kappa shape index (κ1) is 22.2. The minimum absolute atomic E-state index is 0.000486. The van der Waals surface area contributed by atoms with Gasteiger partial charge in [-0.15, -0.1) is 0 Å². The second-order valence-corrected chi connectivity index (χ2v) is 9.25. The molecule has 2 aromatic rings. The van der Waals surface area contributed by atoms with Crippen LogP contribution in [0.3, 0.4) is 0 Å². The lowest BCUT2D eigenvalue weighted by molar-refractivity contribution is -0.147. The number of alkyl carbamates (subject to hydrolysis) is 1. The number of carboxylic acid groups (broad SMARTS) is 1. The van der Waals surface area contributed by atoms with E-state index in [0.29, 0.717) is 12.8 Å².